The number of nitrogens with one attached hydrogen (secondary N) is 1. The van der Waals surface area contributed by atoms with Crippen molar-refractivity contribution in [2.45, 2.75) is 33.4 Å². The summed E-state index contributed by atoms with van der Waals surface area (Å²) in [5.41, 5.74) is 2.78. The van der Waals surface area contributed by atoms with Crippen LogP contribution in [0, 0.1) is 6.92 Å². The van der Waals surface area contributed by atoms with E-state index in [9.17, 15) is 4.79 Å². The van der Waals surface area contributed by atoms with Crippen molar-refractivity contribution in [2.24, 2.45) is 0 Å². The molecule has 0 amide bonds. The third-order valence-corrected chi connectivity index (χ3v) is 2.57. The largest absolute Gasteiger partial charge is 0.304 e. The molecule has 1 N–H and O–H groups in total. The molecule has 0 spiro atoms. The van der Waals surface area contributed by atoms with E-state index in [2.05, 4.69) is 17.3 Å². The summed E-state index contributed by atoms with van der Waals surface area (Å²) < 4.78 is 1.94. The Morgan fingerprint density at radius 2 is 2.29 bits per heavy atom. The van der Waals surface area contributed by atoms with Gasteiger partial charge in [0.05, 0.1) is 17.8 Å². The Hall–Kier alpha value is -1.16. The maximum atomic E-state index is 11.6. The van der Waals surface area contributed by atoms with E-state index in [-0.39, 0.29) is 5.78 Å². The molecular formula is C10H15N3O. The van der Waals surface area contributed by atoms with Crippen LogP contribution in [0.1, 0.15) is 35.1 Å². The van der Waals surface area contributed by atoms with Crippen LogP contribution in [0.5, 0.6) is 0 Å². The average molecular weight is 193 g/mol. The van der Waals surface area contributed by atoms with Crippen molar-refractivity contribution in [3.8, 4) is 0 Å². The molecule has 0 atom stereocenters. The van der Waals surface area contributed by atoms with Crippen molar-refractivity contribution in [1.82, 2.24) is 15.1 Å². The first-order chi connectivity index (χ1) is 6.74. The first-order valence-corrected chi connectivity index (χ1v) is 5.04. The number of hydrogen-bond acceptors (Lipinski definition) is 3. The number of rotatable bonds is 2. The van der Waals surface area contributed by atoms with Crippen molar-refractivity contribution in [1.29, 1.82) is 0 Å². The van der Waals surface area contributed by atoms with Crippen LogP contribution in [-0.2, 0) is 13.1 Å². The third-order valence-electron chi connectivity index (χ3n) is 2.57. The van der Waals surface area contributed by atoms with Crippen LogP contribution in [0.4, 0.5) is 0 Å². The second-order valence-electron chi connectivity index (χ2n) is 3.66. The third kappa shape index (κ3) is 1.35. The molecule has 2 heterocycles. The summed E-state index contributed by atoms with van der Waals surface area (Å²) in [5, 5.41) is 7.47. The molecule has 0 aromatic carbocycles. The number of aromatic nitrogens is 2. The van der Waals surface area contributed by atoms with E-state index in [1.807, 2.05) is 11.6 Å². The first-order valence-electron chi connectivity index (χ1n) is 5.04. The number of Topliss-reactive ketones (excluding diaryl/α,β-unsaturated/α-hetero) is 1. The minimum atomic E-state index is 0.172. The highest BCUT2D eigenvalue weighted by atomic mass is 16.1. The maximum Gasteiger partial charge on any atom is 0.180 e. The van der Waals surface area contributed by atoms with E-state index in [1.165, 1.54) is 0 Å². The summed E-state index contributed by atoms with van der Waals surface area (Å²) in [5.74, 6) is 0.172. The number of carbonyl (C=O) groups excluding carboxylic acids is 1. The molecule has 0 bridgehead atoms. The van der Waals surface area contributed by atoms with Crippen molar-refractivity contribution in [2.75, 3.05) is 6.54 Å². The Morgan fingerprint density at radius 3 is 2.93 bits per heavy atom. The average Bonchev–Trinajstić information content (AvgIpc) is 2.46. The number of ketones is 1. The van der Waals surface area contributed by atoms with Crippen LogP contribution in [0.2, 0.25) is 0 Å². The van der Waals surface area contributed by atoms with Gasteiger partial charge in [-0.3, -0.25) is 9.48 Å². The smallest absolute Gasteiger partial charge is 0.180 e. The van der Waals surface area contributed by atoms with E-state index in [1.54, 1.807) is 0 Å². The number of hydrogen-bond donors (Lipinski definition) is 1. The van der Waals surface area contributed by atoms with E-state index in [4.69, 9.17) is 0 Å². The Bertz CT molecular complexity index is 368. The van der Waals surface area contributed by atoms with Gasteiger partial charge in [0.25, 0.3) is 0 Å². The second kappa shape index (κ2) is 3.53. The normalized spacial score (nSPS) is 15.7. The molecule has 1 aromatic heterocycles. The lowest BCUT2D eigenvalue weighted by Crippen LogP contribution is -2.29. The van der Waals surface area contributed by atoms with Gasteiger partial charge < -0.3 is 5.32 Å². The van der Waals surface area contributed by atoms with Crippen LogP contribution < -0.4 is 5.32 Å². The molecule has 0 aliphatic carbocycles. The van der Waals surface area contributed by atoms with Crippen molar-refractivity contribution >= 4 is 5.78 Å². The lowest BCUT2D eigenvalue weighted by Gasteiger charge is -2.09. The highest BCUT2D eigenvalue weighted by Crippen LogP contribution is 2.17. The zero-order chi connectivity index (χ0) is 10.1. The molecule has 1 aliphatic heterocycles. The summed E-state index contributed by atoms with van der Waals surface area (Å²) in [7, 11) is 0. The number of fused-ring (bicyclic) bond motifs is 1. The van der Waals surface area contributed by atoms with Gasteiger partial charge in [0.15, 0.2) is 5.78 Å². The fourth-order valence-electron chi connectivity index (χ4n) is 1.91. The summed E-state index contributed by atoms with van der Waals surface area (Å²) >= 11 is 0. The zero-order valence-electron chi connectivity index (χ0n) is 8.63. The van der Waals surface area contributed by atoms with Gasteiger partial charge >= 0.3 is 0 Å². The number of aryl methyl sites for hydroxylation is 1. The van der Waals surface area contributed by atoms with Crippen molar-refractivity contribution in [3.63, 3.8) is 0 Å². The van der Waals surface area contributed by atoms with Crippen LogP contribution in [0.3, 0.4) is 0 Å². The van der Waals surface area contributed by atoms with Gasteiger partial charge in [-0.15, -0.1) is 0 Å². The lowest BCUT2D eigenvalue weighted by molar-refractivity contribution is 0.0981. The second-order valence-corrected chi connectivity index (χ2v) is 3.66. The summed E-state index contributed by atoms with van der Waals surface area (Å²) in [6.07, 6.45) is 1.04. The predicted octanol–water partition coefficient (Wildman–Crippen LogP) is 0.887. The molecule has 1 aliphatic rings. The molecule has 0 unspecified atom stereocenters. The molecule has 76 valence electrons. The van der Waals surface area contributed by atoms with Gasteiger partial charge in [-0.2, -0.15) is 5.10 Å². The van der Waals surface area contributed by atoms with Crippen LogP contribution in [-0.4, -0.2) is 22.1 Å². The minimum Gasteiger partial charge on any atom is -0.304 e. The fourth-order valence-corrected chi connectivity index (χ4v) is 1.91. The molecule has 4 nitrogen and oxygen atoms in total. The molecular weight excluding hydrogens is 178 g/mol. The van der Waals surface area contributed by atoms with Gasteiger partial charge in [-0.05, 0) is 13.3 Å². The highest BCUT2D eigenvalue weighted by molar-refractivity contribution is 6.00. The SMILES string of the molecule is CCCn1nc2c(c1C)C(=O)CNC2. The quantitative estimate of drug-likeness (QED) is 0.758. The van der Waals surface area contributed by atoms with Crippen LogP contribution in [0.25, 0.3) is 0 Å². The Morgan fingerprint density at radius 1 is 1.50 bits per heavy atom. The van der Waals surface area contributed by atoms with Crippen LogP contribution >= 0.6 is 0 Å². The van der Waals surface area contributed by atoms with E-state index in [0.29, 0.717) is 6.54 Å². The molecule has 4 heteroatoms. The summed E-state index contributed by atoms with van der Waals surface area (Å²) in [4.78, 5) is 11.6. The standard InChI is InChI=1S/C10H15N3O/c1-3-4-13-7(2)10-8(12-13)5-11-6-9(10)14/h11H,3-6H2,1-2H3. The fraction of sp³-hybridized carbons (Fsp3) is 0.600. The summed E-state index contributed by atoms with van der Waals surface area (Å²) in [6, 6.07) is 0. The Kier molecular flexibility index (Phi) is 2.37. The molecule has 1 aromatic rings. The molecule has 14 heavy (non-hydrogen) atoms. The lowest BCUT2D eigenvalue weighted by atomic mass is 10.1. The van der Waals surface area contributed by atoms with Gasteiger partial charge in [0.1, 0.15) is 0 Å². The molecule has 0 fully saturated rings. The van der Waals surface area contributed by atoms with E-state index >= 15 is 0 Å². The van der Waals surface area contributed by atoms with Crippen molar-refractivity contribution < 1.29 is 4.79 Å². The van der Waals surface area contributed by atoms with E-state index in [0.717, 1.165) is 36.5 Å². The van der Waals surface area contributed by atoms with E-state index < -0.39 is 0 Å². The predicted molar refractivity (Wildman–Crippen MR) is 53.3 cm³/mol. The minimum absolute atomic E-state index is 0.172. The van der Waals surface area contributed by atoms with Gasteiger partial charge in [0, 0.05) is 18.8 Å². The monoisotopic (exact) mass is 193 g/mol. The topological polar surface area (TPSA) is 46.9 Å². The molecule has 0 saturated carbocycles. The van der Waals surface area contributed by atoms with Crippen molar-refractivity contribution in [3.05, 3.63) is 17.0 Å². The van der Waals surface area contributed by atoms with Gasteiger partial charge in [-0.1, -0.05) is 6.92 Å². The Labute approximate surface area is 83.3 Å². The Balaban J connectivity index is 2.44. The molecule has 0 radical (unpaired) electrons. The zero-order valence-corrected chi connectivity index (χ0v) is 8.63. The molecule has 2 rings (SSSR count). The number of nitrogens with zero attached hydrogens (tertiary/aromatic N) is 2. The highest BCUT2D eigenvalue weighted by Gasteiger charge is 2.23. The van der Waals surface area contributed by atoms with Gasteiger partial charge in [-0.25, -0.2) is 0 Å². The first kappa shape index (κ1) is 9.40. The maximum absolute atomic E-state index is 11.6. The number of carbonyl (C=O) groups is 1. The summed E-state index contributed by atoms with van der Waals surface area (Å²) in [6.45, 7) is 6.15. The van der Waals surface area contributed by atoms with Gasteiger partial charge in [0.2, 0.25) is 0 Å². The van der Waals surface area contributed by atoms with Crippen LogP contribution in [0.15, 0.2) is 0 Å². The molecule has 0 saturated heterocycles.